The van der Waals surface area contributed by atoms with E-state index in [2.05, 4.69) is 10.6 Å². The van der Waals surface area contributed by atoms with Gasteiger partial charge in [-0.05, 0) is 62.4 Å². The summed E-state index contributed by atoms with van der Waals surface area (Å²) < 4.78 is 18.3. The highest BCUT2D eigenvalue weighted by Crippen LogP contribution is 2.17. The van der Waals surface area contributed by atoms with Crippen molar-refractivity contribution in [2.24, 2.45) is 0 Å². The van der Waals surface area contributed by atoms with Crippen molar-refractivity contribution in [1.29, 1.82) is 0 Å². The fourth-order valence-corrected chi connectivity index (χ4v) is 1.72. The molecule has 0 aliphatic rings. The van der Waals surface area contributed by atoms with Crippen LogP contribution < -0.4 is 15.4 Å². The first-order valence-electron chi connectivity index (χ1n) is 6.63. The third-order valence-corrected chi connectivity index (χ3v) is 2.59. The summed E-state index contributed by atoms with van der Waals surface area (Å²) in [6, 6.07) is 12.2. The van der Waals surface area contributed by atoms with Crippen LogP contribution in [-0.4, -0.2) is 12.1 Å². The summed E-state index contributed by atoms with van der Waals surface area (Å²) in [4.78, 5) is 11.8. The highest BCUT2D eigenvalue weighted by Gasteiger charge is 2.03. The van der Waals surface area contributed by atoms with E-state index in [4.69, 9.17) is 4.74 Å². The van der Waals surface area contributed by atoms with Crippen LogP contribution in [0.1, 0.15) is 13.8 Å². The summed E-state index contributed by atoms with van der Waals surface area (Å²) in [7, 11) is 0. The number of carbonyl (C=O) groups is 1. The van der Waals surface area contributed by atoms with Gasteiger partial charge < -0.3 is 15.4 Å². The van der Waals surface area contributed by atoms with E-state index in [9.17, 15) is 9.18 Å². The second kappa shape index (κ2) is 6.74. The SMILES string of the molecule is CC(C)Oc1ccc(NC(=O)Nc2ccc(F)cc2)cc1. The molecule has 0 unspecified atom stereocenters. The number of rotatable bonds is 4. The van der Waals surface area contributed by atoms with Crippen molar-refractivity contribution in [3.63, 3.8) is 0 Å². The van der Waals surface area contributed by atoms with Crippen molar-refractivity contribution in [3.05, 3.63) is 54.3 Å². The minimum Gasteiger partial charge on any atom is -0.491 e. The van der Waals surface area contributed by atoms with E-state index in [0.29, 0.717) is 11.4 Å². The first-order chi connectivity index (χ1) is 10.0. The van der Waals surface area contributed by atoms with E-state index >= 15 is 0 Å². The van der Waals surface area contributed by atoms with Gasteiger partial charge in [0.15, 0.2) is 0 Å². The zero-order chi connectivity index (χ0) is 15.2. The maximum atomic E-state index is 12.8. The van der Waals surface area contributed by atoms with E-state index in [-0.39, 0.29) is 18.0 Å². The van der Waals surface area contributed by atoms with E-state index in [1.54, 1.807) is 24.3 Å². The molecule has 2 rings (SSSR count). The van der Waals surface area contributed by atoms with Gasteiger partial charge in [0.1, 0.15) is 11.6 Å². The van der Waals surface area contributed by atoms with Crippen molar-refractivity contribution in [2.75, 3.05) is 10.6 Å². The predicted octanol–water partition coefficient (Wildman–Crippen LogP) is 4.26. The van der Waals surface area contributed by atoms with Crippen LogP contribution in [0.15, 0.2) is 48.5 Å². The summed E-state index contributed by atoms with van der Waals surface area (Å²) >= 11 is 0. The van der Waals surface area contributed by atoms with Crippen LogP contribution in [0.25, 0.3) is 0 Å². The molecule has 0 saturated heterocycles. The summed E-state index contributed by atoms with van der Waals surface area (Å²) in [5.74, 6) is 0.399. The maximum Gasteiger partial charge on any atom is 0.323 e. The number of ether oxygens (including phenoxy) is 1. The normalized spacial score (nSPS) is 10.3. The van der Waals surface area contributed by atoms with Gasteiger partial charge in [0, 0.05) is 11.4 Å². The van der Waals surface area contributed by atoms with Gasteiger partial charge in [0.2, 0.25) is 0 Å². The molecule has 21 heavy (non-hydrogen) atoms. The molecule has 0 atom stereocenters. The molecule has 0 heterocycles. The van der Waals surface area contributed by atoms with Gasteiger partial charge in [-0.15, -0.1) is 0 Å². The van der Waals surface area contributed by atoms with Crippen LogP contribution in [0.5, 0.6) is 5.75 Å². The average molecular weight is 288 g/mol. The topological polar surface area (TPSA) is 50.4 Å². The monoisotopic (exact) mass is 288 g/mol. The predicted molar refractivity (Wildman–Crippen MR) is 81.2 cm³/mol. The third-order valence-electron chi connectivity index (χ3n) is 2.59. The van der Waals surface area contributed by atoms with E-state index in [1.807, 2.05) is 13.8 Å². The summed E-state index contributed by atoms with van der Waals surface area (Å²) in [5, 5.41) is 5.30. The minimum absolute atomic E-state index is 0.102. The number of amides is 2. The number of carbonyl (C=O) groups excluding carboxylic acids is 1. The van der Waals surface area contributed by atoms with Gasteiger partial charge >= 0.3 is 6.03 Å². The average Bonchev–Trinajstić information content (AvgIpc) is 2.43. The van der Waals surface area contributed by atoms with Gasteiger partial charge in [-0.1, -0.05) is 0 Å². The molecule has 0 aliphatic heterocycles. The molecular formula is C16H17FN2O2. The summed E-state index contributed by atoms with van der Waals surface area (Å²) in [6.07, 6.45) is 0.102. The molecular weight excluding hydrogens is 271 g/mol. The molecule has 2 aromatic rings. The molecule has 5 heteroatoms. The molecule has 0 spiro atoms. The number of nitrogens with one attached hydrogen (secondary N) is 2. The Hall–Kier alpha value is -2.56. The lowest BCUT2D eigenvalue weighted by atomic mass is 10.3. The Morgan fingerprint density at radius 2 is 1.43 bits per heavy atom. The number of benzene rings is 2. The van der Waals surface area contributed by atoms with Gasteiger partial charge in [0.25, 0.3) is 0 Å². The zero-order valence-electron chi connectivity index (χ0n) is 11.9. The van der Waals surface area contributed by atoms with Crippen LogP contribution in [0.2, 0.25) is 0 Å². The molecule has 0 bridgehead atoms. The second-order valence-corrected chi connectivity index (χ2v) is 4.78. The molecule has 0 fully saturated rings. The first kappa shape index (κ1) is 14.8. The molecule has 4 nitrogen and oxygen atoms in total. The van der Waals surface area contributed by atoms with Crippen LogP contribution in [0.3, 0.4) is 0 Å². The minimum atomic E-state index is -0.390. The standard InChI is InChI=1S/C16H17FN2O2/c1-11(2)21-15-9-7-14(8-10-15)19-16(20)18-13-5-3-12(17)4-6-13/h3-11H,1-2H3,(H2,18,19,20). The Bertz CT molecular complexity index is 595. The largest absolute Gasteiger partial charge is 0.491 e. The molecule has 0 aliphatic carbocycles. The van der Waals surface area contributed by atoms with Crippen LogP contribution in [0, 0.1) is 5.82 Å². The maximum absolute atomic E-state index is 12.8. The van der Waals surface area contributed by atoms with Gasteiger partial charge in [-0.3, -0.25) is 0 Å². The van der Waals surface area contributed by atoms with Gasteiger partial charge in [-0.2, -0.15) is 0 Å². The van der Waals surface area contributed by atoms with Crippen molar-refractivity contribution in [3.8, 4) is 5.75 Å². The molecule has 2 amide bonds. The van der Waals surface area contributed by atoms with Crippen LogP contribution in [0.4, 0.5) is 20.6 Å². The molecule has 110 valence electrons. The Morgan fingerprint density at radius 1 is 0.952 bits per heavy atom. The Morgan fingerprint density at radius 3 is 1.90 bits per heavy atom. The lowest BCUT2D eigenvalue weighted by Crippen LogP contribution is -2.19. The smallest absolute Gasteiger partial charge is 0.323 e. The lowest BCUT2D eigenvalue weighted by Gasteiger charge is -2.11. The first-order valence-corrected chi connectivity index (χ1v) is 6.63. The fraction of sp³-hybridized carbons (Fsp3) is 0.188. The fourth-order valence-electron chi connectivity index (χ4n) is 1.72. The summed E-state index contributed by atoms with van der Waals surface area (Å²) in [5.41, 5.74) is 1.17. The van der Waals surface area contributed by atoms with Crippen molar-refractivity contribution in [2.45, 2.75) is 20.0 Å². The highest BCUT2D eigenvalue weighted by atomic mass is 19.1. The molecule has 0 radical (unpaired) electrons. The Balaban J connectivity index is 1.91. The quantitative estimate of drug-likeness (QED) is 0.883. The molecule has 2 aromatic carbocycles. The van der Waals surface area contributed by atoms with Crippen molar-refractivity contribution in [1.82, 2.24) is 0 Å². The highest BCUT2D eigenvalue weighted by molar-refractivity contribution is 5.99. The van der Waals surface area contributed by atoms with Crippen LogP contribution >= 0.6 is 0 Å². The Kier molecular flexibility index (Phi) is 4.77. The van der Waals surface area contributed by atoms with Gasteiger partial charge in [0.05, 0.1) is 6.10 Å². The molecule has 0 aromatic heterocycles. The van der Waals surface area contributed by atoms with Crippen LogP contribution in [-0.2, 0) is 0 Å². The van der Waals surface area contributed by atoms with Crippen molar-refractivity contribution < 1.29 is 13.9 Å². The summed E-state index contributed by atoms with van der Waals surface area (Å²) in [6.45, 7) is 3.89. The number of hydrogen-bond donors (Lipinski definition) is 2. The molecule has 0 saturated carbocycles. The van der Waals surface area contributed by atoms with E-state index in [1.165, 1.54) is 24.3 Å². The van der Waals surface area contributed by atoms with E-state index in [0.717, 1.165) is 5.75 Å². The van der Waals surface area contributed by atoms with Gasteiger partial charge in [-0.25, -0.2) is 9.18 Å². The zero-order valence-corrected chi connectivity index (χ0v) is 11.9. The number of halogens is 1. The second-order valence-electron chi connectivity index (χ2n) is 4.78. The van der Waals surface area contributed by atoms with Crippen molar-refractivity contribution >= 4 is 17.4 Å². The van der Waals surface area contributed by atoms with E-state index < -0.39 is 0 Å². The lowest BCUT2D eigenvalue weighted by molar-refractivity contribution is 0.242. The number of anilines is 2. The third kappa shape index (κ3) is 4.80. The number of urea groups is 1. The molecule has 2 N–H and O–H groups in total. The Labute approximate surface area is 122 Å². The number of hydrogen-bond acceptors (Lipinski definition) is 2.